The third-order valence-corrected chi connectivity index (χ3v) is 4.76. The molecule has 0 radical (unpaired) electrons. The van der Waals surface area contributed by atoms with Crippen LogP contribution in [-0.4, -0.2) is 28.5 Å². The fourth-order valence-corrected chi connectivity index (χ4v) is 3.07. The predicted molar refractivity (Wildman–Crippen MR) is 94.6 cm³/mol. The van der Waals surface area contributed by atoms with Crippen LogP contribution in [0.3, 0.4) is 0 Å². The summed E-state index contributed by atoms with van der Waals surface area (Å²) in [6.07, 6.45) is 0.860. The van der Waals surface area contributed by atoms with Gasteiger partial charge in [0.05, 0.1) is 22.7 Å². The summed E-state index contributed by atoms with van der Waals surface area (Å²) in [6.45, 7) is 6.76. The monoisotopic (exact) mass is 346 g/mol. The molecule has 5 nitrogen and oxygen atoms in total. The van der Waals surface area contributed by atoms with Crippen LogP contribution in [0.5, 0.6) is 0 Å². The second kappa shape index (κ2) is 7.57. The van der Waals surface area contributed by atoms with Gasteiger partial charge in [-0.2, -0.15) is 0 Å². The van der Waals surface area contributed by atoms with Crippen molar-refractivity contribution < 1.29 is 14.7 Å². The number of thiazole rings is 1. The Kier molecular flexibility index (Phi) is 5.72. The topological polar surface area (TPSA) is 79.3 Å². The standard InChI is InChI=1S/C18H22N2O3S/c1-18(2,3)17-20-14(11-24-17)10-15(21)19-8-7-12-5-4-6-13(9-12)16(22)23/h4-6,9,11H,7-8,10H2,1-3H3,(H,19,21)(H,22,23). The average Bonchev–Trinajstić information content (AvgIpc) is 2.96. The van der Waals surface area contributed by atoms with Crippen molar-refractivity contribution in [1.82, 2.24) is 10.3 Å². The highest BCUT2D eigenvalue weighted by Crippen LogP contribution is 2.25. The van der Waals surface area contributed by atoms with Crippen molar-refractivity contribution in [2.75, 3.05) is 6.54 Å². The summed E-state index contributed by atoms with van der Waals surface area (Å²) in [4.78, 5) is 27.4. The number of hydrogen-bond donors (Lipinski definition) is 2. The SMILES string of the molecule is CC(C)(C)c1nc(CC(=O)NCCc2cccc(C(=O)O)c2)cs1. The summed E-state index contributed by atoms with van der Waals surface area (Å²) in [6, 6.07) is 6.75. The minimum Gasteiger partial charge on any atom is -0.478 e. The van der Waals surface area contributed by atoms with Crippen molar-refractivity contribution >= 4 is 23.2 Å². The zero-order chi connectivity index (χ0) is 17.7. The number of amides is 1. The van der Waals surface area contributed by atoms with E-state index in [1.54, 1.807) is 29.5 Å². The summed E-state index contributed by atoms with van der Waals surface area (Å²) >= 11 is 1.58. The van der Waals surface area contributed by atoms with Crippen LogP contribution in [-0.2, 0) is 23.1 Å². The number of carboxylic acids is 1. The smallest absolute Gasteiger partial charge is 0.335 e. The molecule has 0 unspecified atom stereocenters. The van der Waals surface area contributed by atoms with Gasteiger partial charge in [-0.25, -0.2) is 9.78 Å². The molecule has 0 aliphatic heterocycles. The number of carboxylic acid groups (broad SMARTS) is 1. The van der Waals surface area contributed by atoms with Crippen molar-refractivity contribution in [3.05, 3.63) is 51.5 Å². The summed E-state index contributed by atoms with van der Waals surface area (Å²) in [5, 5.41) is 14.8. The Bertz CT molecular complexity index is 732. The van der Waals surface area contributed by atoms with Gasteiger partial charge in [0, 0.05) is 17.3 Å². The van der Waals surface area contributed by atoms with Crippen molar-refractivity contribution in [3.8, 4) is 0 Å². The van der Waals surface area contributed by atoms with E-state index in [0.29, 0.717) is 13.0 Å². The number of rotatable bonds is 6. The first-order valence-corrected chi connectivity index (χ1v) is 8.67. The first-order chi connectivity index (χ1) is 11.3. The zero-order valence-electron chi connectivity index (χ0n) is 14.1. The van der Waals surface area contributed by atoms with Crippen LogP contribution in [0.2, 0.25) is 0 Å². The van der Waals surface area contributed by atoms with Gasteiger partial charge < -0.3 is 10.4 Å². The van der Waals surface area contributed by atoms with Gasteiger partial charge >= 0.3 is 5.97 Å². The molecule has 0 saturated heterocycles. The average molecular weight is 346 g/mol. The summed E-state index contributed by atoms with van der Waals surface area (Å²) < 4.78 is 0. The molecule has 128 valence electrons. The molecule has 0 bridgehead atoms. The highest BCUT2D eigenvalue weighted by Gasteiger charge is 2.18. The van der Waals surface area contributed by atoms with E-state index in [-0.39, 0.29) is 23.3 Å². The molecule has 0 spiro atoms. The molecule has 0 aliphatic rings. The van der Waals surface area contributed by atoms with Crippen molar-refractivity contribution in [2.24, 2.45) is 0 Å². The van der Waals surface area contributed by atoms with E-state index < -0.39 is 5.97 Å². The van der Waals surface area contributed by atoms with Crippen LogP contribution in [0.15, 0.2) is 29.6 Å². The zero-order valence-corrected chi connectivity index (χ0v) is 14.9. The third kappa shape index (κ3) is 5.16. The summed E-state index contributed by atoms with van der Waals surface area (Å²) in [5.41, 5.74) is 1.93. The van der Waals surface area contributed by atoms with Gasteiger partial charge in [0.1, 0.15) is 0 Å². The second-order valence-corrected chi connectivity index (χ2v) is 7.53. The molecule has 1 aromatic heterocycles. The number of benzene rings is 1. The lowest BCUT2D eigenvalue weighted by molar-refractivity contribution is -0.120. The normalized spacial score (nSPS) is 11.3. The molecule has 1 aromatic carbocycles. The van der Waals surface area contributed by atoms with Crippen molar-refractivity contribution in [3.63, 3.8) is 0 Å². The largest absolute Gasteiger partial charge is 0.478 e. The Hall–Kier alpha value is -2.21. The number of hydrogen-bond acceptors (Lipinski definition) is 4. The molecular weight excluding hydrogens is 324 g/mol. The Labute approximate surface area is 145 Å². The molecular formula is C18H22N2O3S. The van der Waals surface area contributed by atoms with E-state index >= 15 is 0 Å². The van der Waals surface area contributed by atoms with Gasteiger partial charge in [0.25, 0.3) is 0 Å². The molecule has 2 N–H and O–H groups in total. The van der Waals surface area contributed by atoms with E-state index in [1.807, 2.05) is 11.4 Å². The van der Waals surface area contributed by atoms with Crippen LogP contribution < -0.4 is 5.32 Å². The third-order valence-electron chi connectivity index (χ3n) is 3.44. The number of aromatic carboxylic acids is 1. The van der Waals surface area contributed by atoms with Crippen LogP contribution in [0, 0.1) is 0 Å². The maximum Gasteiger partial charge on any atom is 0.335 e. The molecule has 0 aliphatic carbocycles. The number of carbonyl (C=O) groups excluding carboxylic acids is 1. The van der Waals surface area contributed by atoms with Crippen LogP contribution in [0.25, 0.3) is 0 Å². The van der Waals surface area contributed by atoms with Gasteiger partial charge in [-0.1, -0.05) is 32.9 Å². The van der Waals surface area contributed by atoms with Crippen LogP contribution in [0.1, 0.15) is 47.4 Å². The number of nitrogens with one attached hydrogen (secondary N) is 1. The first kappa shape index (κ1) is 18.1. The van der Waals surface area contributed by atoms with E-state index in [2.05, 4.69) is 31.1 Å². The lowest BCUT2D eigenvalue weighted by Crippen LogP contribution is -2.27. The molecule has 0 atom stereocenters. The Balaban J connectivity index is 1.82. The highest BCUT2D eigenvalue weighted by atomic mass is 32.1. The Morgan fingerprint density at radius 1 is 1.29 bits per heavy atom. The predicted octanol–water partition coefficient (Wildman–Crippen LogP) is 3.04. The molecule has 24 heavy (non-hydrogen) atoms. The molecule has 2 aromatic rings. The highest BCUT2D eigenvalue weighted by molar-refractivity contribution is 7.09. The molecule has 1 amide bonds. The van der Waals surface area contributed by atoms with Gasteiger partial charge in [-0.15, -0.1) is 11.3 Å². The Morgan fingerprint density at radius 2 is 2.04 bits per heavy atom. The molecule has 0 saturated carbocycles. The molecule has 0 fully saturated rings. The maximum absolute atomic E-state index is 12.0. The quantitative estimate of drug-likeness (QED) is 0.842. The number of carbonyl (C=O) groups is 2. The summed E-state index contributed by atoms with van der Waals surface area (Å²) in [7, 11) is 0. The van der Waals surface area contributed by atoms with Crippen LogP contribution >= 0.6 is 11.3 Å². The molecule has 2 rings (SSSR count). The van der Waals surface area contributed by atoms with E-state index in [9.17, 15) is 9.59 Å². The molecule has 6 heteroatoms. The van der Waals surface area contributed by atoms with Crippen molar-refractivity contribution in [2.45, 2.75) is 39.0 Å². The minimum atomic E-state index is -0.945. The number of aromatic nitrogens is 1. The fraction of sp³-hybridized carbons (Fsp3) is 0.389. The van der Waals surface area contributed by atoms with Crippen LogP contribution in [0.4, 0.5) is 0 Å². The van der Waals surface area contributed by atoms with E-state index in [4.69, 9.17) is 5.11 Å². The Morgan fingerprint density at radius 3 is 2.67 bits per heavy atom. The molecule has 1 heterocycles. The van der Waals surface area contributed by atoms with E-state index in [0.717, 1.165) is 16.3 Å². The maximum atomic E-state index is 12.0. The van der Waals surface area contributed by atoms with Crippen molar-refractivity contribution in [1.29, 1.82) is 0 Å². The van der Waals surface area contributed by atoms with Gasteiger partial charge in [0.2, 0.25) is 5.91 Å². The fourth-order valence-electron chi connectivity index (χ4n) is 2.17. The van der Waals surface area contributed by atoms with Gasteiger partial charge in [0.15, 0.2) is 0 Å². The number of nitrogens with zero attached hydrogens (tertiary/aromatic N) is 1. The lowest BCUT2D eigenvalue weighted by Gasteiger charge is -2.13. The van der Waals surface area contributed by atoms with Gasteiger partial charge in [-0.3, -0.25) is 4.79 Å². The van der Waals surface area contributed by atoms with E-state index in [1.165, 1.54) is 0 Å². The summed E-state index contributed by atoms with van der Waals surface area (Å²) in [5.74, 6) is -1.02. The second-order valence-electron chi connectivity index (χ2n) is 6.68. The minimum absolute atomic E-state index is 0.00541. The lowest BCUT2D eigenvalue weighted by atomic mass is 9.98. The van der Waals surface area contributed by atoms with Gasteiger partial charge in [-0.05, 0) is 24.1 Å². The first-order valence-electron chi connectivity index (χ1n) is 7.79.